The number of rotatable bonds is 4. The first-order valence-electron chi connectivity index (χ1n) is 5.91. The lowest BCUT2D eigenvalue weighted by molar-refractivity contribution is -0.144. The highest BCUT2D eigenvalue weighted by molar-refractivity contribution is 7.87. The van der Waals surface area contributed by atoms with Crippen molar-refractivity contribution in [1.82, 2.24) is 9.19 Å². The number of hydroxylamine groups is 1. The molecule has 8 nitrogen and oxygen atoms in total. The van der Waals surface area contributed by atoms with Crippen LogP contribution in [0.3, 0.4) is 0 Å². The van der Waals surface area contributed by atoms with Crippen molar-refractivity contribution >= 4 is 21.8 Å². The molecule has 1 heterocycles. The molecule has 1 fully saturated rings. The van der Waals surface area contributed by atoms with E-state index in [1.165, 1.54) is 14.2 Å². The Morgan fingerprint density at radius 3 is 2.95 bits per heavy atom. The van der Waals surface area contributed by atoms with Gasteiger partial charge in [-0.3, -0.25) is 9.63 Å². The molecule has 108 valence electrons. The van der Waals surface area contributed by atoms with Crippen LogP contribution < -0.4 is 4.72 Å². The van der Waals surface area contributed by atoms with Gasteiger partial charge in [0.15, 0.2) is 0 Å². The smallest absolute Gasteiger partial charge is 0.325 e. The standard InChI is InChI=1S/C10H17N3O5S/c1-7-8-5-4-6-10(8,18-11-7)9(14)12-19(15,16)13(2)17-3/h8H,4-6H2,1-3H3,(H,12,14). The van der Waals surface area contributed by atoms with Crippen LogP contribution in [0.25, 0.3) is 0 Å². The number of amides is 1. The van der Waals surface area contributed by atoms with Crippen molar-refractivity contribution in [2.75, 3.05) is 14.2 Å². The normalized spacial score (nSPS) is 29.9. The molecule has 0 bridgehead atoms. The SMILES string of the molecule is CON(C)S(=O)(=O)NC(=O)C12CCCC1C(C)=NO2. The van der Waals surface area contributed by atoms with E-state index in [1.54, 1.807) is 6.92 Å². The largest absolute Gasteiger partial charge is 0.378 e. The molecular weight excluding hydrogens is 274 g/mol. The summed E-state index contributed by atoms with van der Waals surface area (Å²) in [4.78, 5) is 22.1. The zero-order chi connectivity index (χ0) is 14.3. The highest BCUT2D eigenvalue weighted by Crippen LogP contribution is 2.44. The van der Waals surface area contributed by atoms with Gasteiger partial charge in [0, 0.05) is 7.05 Å². The van der Waals surface area contributed by atoms with Gasteiger partial charge in [-0.25, -0.2) is 4.72 Å². The monoisotopic (exact) mass is 291 g/mol. The first kappa shape index (κ1) is 14.2. The molecule has 19 heavy (non-hydrogen) atoms. The van der Waals surface area contributed by atoms with Gasteiger partial charge in [0.2, 0.25) is 5.60 Å². The number of nitrogens with one attached hydrogen (secondary N) is 1. The van der Waals surface area contributed by atoms with Crippen molar-refractivity contribution in [3.63, 3.8) is 0 Å². The van der Waals surface area contributed by atoms with Crippen LogP contribution in [-0.4, -0.2) is 44.3 Å². The summed E-state index contributed by atoms with van der Waals surface area (Å²) in [5.74, 6) is -0.852. The summed E-state index contributed by atoms with van der Waals surface area (Å²) in [5.41, 5.74) is -0.462. The lowest BCUT2D eigenvalue weighted by atomic mass is 9.88. The summed E-state index contributed by atoms with van der Waals surface area (Å²) >= 11 is 0. The fourth-order valence-electron chi connectivity index (χ4n) is 2.53. The molecule has 2 aliphatic rings. The summed E-state index contributed by atoms with van der Waals surface area (Å²) in [7, 11) is -1.64. The second-order valence-electron chi connectivity index (χ2n) is 4.69. The average Bonchev–Trinajstić information content (AvgIpc) is 2.90. The second kappa shape index (κ2) is 4.73. The van der Waals surface area contributed by atoms with Crippen molar-refractivity contribution < 1.29 is 22.9 Å². The number of carbonyl (C=O) groups excluding carboxylic acids is 1. The zero-order valence-electron chi connectivity index (χ0n) is 11.0. The van der Waals surface area contributed by atoms with Crippen LogP contribution in [0.1, 0.15) is 26.2 Å². The van der Waals surface area contributed by atoms with Crippen LogP contribution in [-0.2, 0) is 24.7 Å². The Morgan fingerprint density at radius 1 is 1.63 bits per heavy atom. The van der Waals surface area contributed by atoms with Crippen LogP contribution in [0, 0.1) is 5.92 Å². The van der Waals surface area contributed by atoms with Gasteiger partial charge in [0.05, 0.1) is 18.7 Å². The number of oxime groups is 1. The quantitative estimate of drug-likeness (QED) is 0.723. The minimum atomic E-state index is -4.03. The van der Waals surface area contributed by atoms with Crippen LogP contribution in [0.5, 0.6) is 0 Å². The molecule has 2 atom stereocenters. The van der Waals surface area contributed by atoms with E-state index in [9.17, 15) is 13.2 Å². The minimum absolute atomic E-state index is 0.157. The molecule has 1 amide bonds. The van der Waals surface area contributed by atoms with Crippen LogP contribution >= 0.6 is 0 Å². The third-order valence-electron chi connectivity index (χ3n) is 3.66. The van der Waals surface area contributed by atoms with E-state index in [0.717, 1.165) is 18.6 Å². The maximum atomic E-state index is 12.3. The molecule has 0 saturated heterocycles. The van der Waals surface area contributed by atoms with Crippen molar-refractivity contribution in [2.24, 2.45) is 11.1 Å². The Bertz CT molecular complexity index is 517. The molecule has 0 aromatic carbocycles. The molecular formula is C10H17N3O5S. The number of hydrogen-bond acceptors (Lipinski definition) is 6. The van der Waals surface area contributed by atoms with Gasteiger partial charge in [-0.1, -0.05) is 9.62 Å². The summed E-state index contributed by atoms with van der Waals surface area (Å²) < 4.78 is 26.1. The molecule has 9 heteroatoms. The molecule has 1 N–H and O–H groups in total. The average molecular weight is 291 g/mol. The molecule has 0 spiro atoms. The fraction of sp³-hybridized carbons (Fsp3) is 0.800. The molecule has 1 aliphatic carbocycles. The first-order chi connectivity index (χ1) is 8.83. The van der Waals surface area contributed by atoms with E-state index in [2.05, 4.69) is 9.99 Å². The highest BCUT2D eigenvalue weighted by atomic mass is 32.2. The van der Waals surface area contributed by atoms with Crippen LogP contribution in [0.4, 0.5) is 0 Å². The van der Waals surface area contributed by atoms with Crippen molar-refractivity contribution in [2.45, 2.75) is 31.8 Å². The van der Waals surface area contributed by atoms with E-state index < -0.39 is 21.7 Å². The number of fused-ring (bicyclic) bond motifs is 1. The van der Waals surface area contributed by atoms with Gasteiger partial charge in [0.25, 0.3) is 5.91 Å². The highest BCUT2D eigenvalue weighted by Gasteiger charge is 2.57. The topological polar surface area (TPSA) is 97.3 Å². The van der Waals surface area contributed by atoms with Crippen molar-refractivity contribution in [3.8, 4) is 0 Å². The number of nitrogens with zero attached hydrogens (tertiary/aromatic N) is 2. The second-order valence-corrected chi connectivity index (χ2v) is 6.36. The molecule has 0 aromatic rings. The Labute approximate surface area is 111 Å². The predicted octanol–water partition coefficient (Wildman–Crippen LogP) is -0.214. The molecule has 0 radical (unpaired) electrons. The fourth-order valence-corrected chi connectivity index (χ4v) is 3.26. The van der Waals surface area contributed by atoms with Gasteiger partial charge in [-0.2, -0.15) is 8.42 Å². The van der Waals surface area contributed by atoms with Crippen LogP contribution in [0.2, 0.25) is 0 Å². The third kappa shape index (κ3) is 2.21. The maximum Gasteiger partial charge on any atom is 0.325 e. The number of carbonyl (C=O) groups is 1. The Hall–Kier alpha value is -1.19. The maximum absolute atomic E-state index is 12.3. The number of hydrogen-bond donors (Lipinski definition) is 1. The molecule has 0 aromatic heterocycles. The Morgan fingerprint density at radius 2 is 2.32 bits per heavy atom. The molecule has 1 saturated carbocycles. The molecule has 2 unspecified atom stereocenters. The lowest BCUT2D eigenvalue weighted by Crippen LogP contribution is -2.53. The van der Waals surface area contributed by atoms with Gasteiger partial charge in [-0.15, -0.1) is 0 Å². The van der Waals surface area contributed by atoms with E-state index >= 15 is 0 Å². The van der Waals surface area contributed by atoms with E-state index in [-0.39, 0.29) is 5.92 Å². The van der Waals surface area contributed by atoms with Crippen molar-refractivity contribution in [1.29, 1.82) is 0 Å². The van der Waals surface area contributed by atoms with Crippen LogP contribution in [0.15, 0.2) is 5.16 Å². The van der Waals surface area contributed by atoms with Crippen molar-refractivity contribution in [3.05, 3.63) is 0 Å². The van der Waals surface area contributed by atoms with Gasteiger partial charge >= 0.3 is 10.2 Å². The predicted molar refractivity (Wildman–Crippen MR) is 66.1 cm³/mol. The zero-order valence-corrected chi connectivity index (χ0v) is 11.9. The Kier molecular flexibility index (Phi) is 3.54. The third-order valence-corrected chi connectivity index (χ3v) is 4.93. The summed E-state index contributed by atoms with van der Waals surface area (Å²) in [6.45, 7) is 1.78. The van der Waals surface area contributed by atoms with E-state index in [1.807, 2.05) is 4.72 Å². The van der Waals surface area contributed by atoms with Gasteiger partial charge in [0.1, 0.15) is 0 Å². The molecule has 2 rings (SSSR count). The lowest BCUT2D eigenvalue weighted by Gasteiger charge is -2.26. The summed E-state index contributed by atoms with van der Waals surface area (Å²) in [6, 6.07) is 0. The molecule has 1 aliphatic heterocycles. The minimum Gasteiger partial charge on any atom is -0.378 e. The van der Waals surface area contributed by atoms with E-state index in [0.29, 0.717) is 10.9 Å². The van der Waals surface area contributed by atoms with Gasteiger partial charge < -0.3 is 4.84 Å². The Balaban J connectivity index is 2.18. The van der Waals surface area contributed by atoms with Gasteiger partial charge in [-0.05, 0) is 26.2 Å². The summed E-state index contributed by atoms with van der Waals surface area (Å²) in [6.07, 6.45) is 2.02. The first-order valence-corrected chi connectivity index (χ1v) is 7.35. The summed E-state index contributed by atoms with van der Waals surface area (Å²) in [5, 5.41) is 3.83. The van der Waals surface area contributed by atoms with E-state index in [4.69, 9.17) is 4.84 Å².